The van der Waals surface area contributed by atoms with E-state index in [1.165, 1.54) is 0 Å². The second kappa shape index (κ2) is 7.89. The van der Waals surface area contributed by atoms with Gasteiger partial charge in [-0.05, 0) is 54.6 Å². The first-order chi connectivity index (χ1) is 14.7. The van der Waals surface area contributed by atoms with E-state index in [-0.39, 0.29) is 5.75 Å². The van der Waals surface area contributed by atoms with Gasteiger partial charge in [-0.1, -0.05) is 40.2 Å². The molecule has 4 nitrogen and oxygen atoms in total. The Hall–Kier alpha value is -3.22. The van der Waals surface area contributed by atoms with Gasteiger partial charge < -0.3 is 9.52 Å². The van der Waals surface area contributed by atoms with Gasteiger partial charge in [0, 0.05) is 10.0 Å². The van der Waals surface area contributed by atoms with Crippen molar-refractivity contribution in [2.75, 3.05) is 0 Å². The zero-order valence-corrected chi connectivity index (χ0v) is 18.0. The third kappa shape index (κ3) is 3.79. The lowest BCUT2D eigenvalue weighted by molar-refractivity contribution is 0.477. The Morgan fingerprint density at radius 3 is 2.73 bits per heavy atom. The average molecular weight is 475 g/mol. The molecule has 0 radical (unpaired) electrons. The monoisotopic (exact) mass is 474 g/mol. The van der Waals surface area contributed by atoms with E-state index in [0.717, 1.165) is 31.0 Å². The Kier molecular flexibility index (Phi) is 4.94. The van der Waals surface area contributed by atoms with Crippen molar-refractivity contribution in [1.29, 1.82) is 0 Å². The first kappa shape index (κ1) is 18.8. The summed E-state index contributed by atoms with van der Waals surface area (Å²) in [6.45, 7) is 0. The molecule has 0 saturated heterocycles. The standard InChI is InChI=1S/C24H15BrN2O2S/c25-16-5-3-4-15(12-16)22-11-9-18(29-22)14-26-17-8-10-21(28)19(13-17)24-27-20-6-1-2-7-23(20)30-24/h1-14,28H. The van der Waals surface area contributed by atoms with Crippen LogP contribution >= 0.6 is 27.3 Å². The minimum absolute atomic E-state index is 0.183. The normalized spacial score (nSPS) is 11.5. The van der Waals surface area contributed by atoms with Gasteiger partial charge in [-0.2, -0.15) is 0 Å². The second-order valence-corrected chi connectivity index (χ2v) is 8.61. The first-order valence-corrected chi connectivity index (χ1v) is 10.9. The highest BCUT2D eigenvalue weighted by Crippen LogP contribution is 2.37. The van der Waals surface area contributed by atoms with Gasteiger partial charge in [0.2, 0.25) is 0 Å². The Balaban J connectivity index is 1.43. The highest BCUT2D eigenvalue weighted by atomic mass is 79.9. The molecule has 0 atom stereocenters. The van der Waals surface area contributed by atoms with Crippen LogP contribution in [-0.2, 0) is 0 Å². The number of aromatic nitrogens is 1. The van der Waals surface area contributed by atoms with Crippen molar-refractivity contribution in [3.63, 3.8) is 0 Å². The van der Waals surface area contributed by atoms with Gasteiger partial charge in [-0.25, -0.2) is 4.98 Å². The van der Waals surface area contributed by atoms with Crippen molar-refractivity contribution in [2.45, 2.75) is 0 Å². The van der Waals surface area contributed by atoms with Crippen LogP contribution in [0.4, 0.5) is 5.69 Å². The van der Waals surface area contributed by atoms with Crippen LogP contribution in [0, 0.1) is 0 Å². The molecule has 0 aliphatic carbocycles. The van der Waals surface area contributed by atoms with E-state index in [1.54, 1.807) is 29.7 Å². The third-order valence-corrected chi connectivity index (χ3v) is 6.14. The summed E-state index contributed by atoms with van der Waals surface area (Å²) in [5.41, 5.74) is 3.29. The number of furan rings is 1. The molecule has 6 heteroatoms. The van der Waals surface area contributed by atoms with Crippen molar-refractivity contribution < 1.29 is 9.52 Å². The molecule has 1 N–H and O–H groups in total. The molecule has 5 aromatic rings. The number of aromatic hydroxyl groups is 1. The zero-order valence-electron chi connectivity index (χ0n) is 15.6. The summed E-state index contributed by atoms with van der Waals surface area (Å²) >= 11 is 5.02. The maximum Gasteiger partial charge on any atom is 0.145 e. The highest BCUT2D eigenvalue weighted by molar-refractivity contribution is 9.10. The number of phenolic OH excluding ortho intramolecular Hbond substituents is 1. The maximum atomic E-state index is 10.3. The molecular formula is C24H15BrN2O2S. The van der Waals surface area contributed by atoms with Gasteiger partial charge in [0.15, 0.2) is 0 Å². The Labute approximate surface area is 185 Å². The van der Waals surface area contributed by atoms with Gasteiger partial charge in [0.25, 0.3) is 0 Å². The minimum Gasteiger partial charge on any atom is -0.507 e. The van der Waals surface area contributed by atoms with Crippen LogP contribution in [0.25, 0.3) is 32.1 Å². The molecule has 0 aliphatic rings. The Morgan fingerprint density at radius 2 is 1.87 bits per heavy atom. The third-order valence-electron chi connectivity index (χ3n) is 4.58. The van der Waals surface area contributed by atoms with Crippen LogP contribution in [-0.4, -0.2) is 16.3 Å². The van der Waals surface area contributed by atoms with Gasteiger partial charge in [-0.15, -0.1) is 11.3 Å². The number of halogens is 1. The molecule has 0 fully saturated rings. The number of para-hydroxylation sites is 1. The quantitative estimate of drug-likeness (QED) is 0.275. The fraction of sp³-hybridized carbons (Fsp3) is 0. The molecule has 0 saturated carbocycles. The molecule has 3 aromatic carbocycles. The molecule has 2 heterocycles. The number of aliphatic imine (C=N–C) groups is 1. The molecule has 2 aromatic heterocycles. The molecule has 146 valence electrons. The number of thiazole rings is 1. The molecule has 0 spiro atoms. The first-order valence-electron chi connectivity index (χ1n) is 9.24. The van der Waals surface area contributed by atoms with E-state index in [1.807, 2.05) is 66.7 Å². The minimum atomic E-state index is 0.183. The number of rotatable bonds is 4. The summed E-state index contributed by atoms with van der Waals surface area (Å²) < 4.78 is 7.97. The SMILES string of the molecule is Oc1ccc(N=Cc2ccc(-c3cccc(Br)c3)o2)cc1-c1nc2ccccc2s1. The molecule has 0 unspecified atom stereocenters. The lowest BCUT2D eigenvalue weighted by Gasteiger charge is -2.02. The Morgan fingerprint density at radius 1 is 0.967 bits per heavy atom. The van der Waals surface area contributed by atoms with Gasteiger partial charge in [0.1, 0.15) is 22.3 Å². The molecule has 5 rings (SSSR count). The topological polar surface area (TPSA) is 58.6 Å². The second-order valence-electron chi connectivity index (χ2n) is 6.66. The summed E-state index contributed by atoms with van der Waals surface area (Å²) in [6, 6.07) is 24.9. The summed E-state index contributed by atoms with van der Waals surface area (Å²) in [5, 5.41) is 11.1. The smallest absolute Gasteiger partial charge is 0.145 e. The van der Waals surface area contributed by atoms with E-state index < -0.39 is 0 Å². The molecule has 0 bridgehead atoms. The van der Waals surface area contributed by atoms with E-state index >= 15 is 0 Å². The van der Waals surface area contributed by atoms with Crippen molar-refractivity contribution in [3.05, 3.63) is 89.1 Å². The van der Waals surface area contributed by atoms with Crippen LogP contribution in [0.15, 0.2) is 92.7 Å². The van der Waals surface area contributed by atoms with Crippen LogP contribution in [0.1, 0.15) is 5.76 Å². The summed E-state index contributed by atoms with van der Waals surface area (Å²) in [7, 11) is 0. The van der Waals surface area contributed by atoms with E-state index in [9.17, 15) is 5.11 Å². The van der Waals surface area contributed by atoms with Crippen molar-refractivity contribution in [2.24, 2.45) is 4.99 Å². The zero-order chi connectivity index (χ0) is 20.5. The number of benzene rings is 3. The molecular weight excluding hydrogens is 460 g/mol. The summed E-state index contributed by atoms with van der Waals surface area (Å²) in [6.07, 6.45) is 1.68. The molecule has 30 heavy (non-hydrogen) atoms. The fourth-order valence-electron chi connectivity index (χ4n) is 3.12. The van der Waals surface area contributed by atoms with Crippen molar-refractivity contribution in [3.8, 4) is 27.6 Å². The summed E-state index contributed by atoms with van der Waals surface area (Å²) in [5.74, 6) is 1.61. The molecule has 0 aliphatic heterocycles. The predicted molar refractivity (Wildman–Crippen MR) is 126 cm³/mol. The Bertz CT molecular complexity index is 1350. The van der Waals surface area contributed by atoms with Crippen LogP contribution < -0.4 is 0 Å². The van der Waals surface area contributed by atoms with Gasteiger partial charge in [-0.3, -0.25) is 4.99 Å². The number of hydrogen-bond acceptors (Lipinski definition) is 5. The van der Waals surface area contributed by atoms with Crippen molar-refractivity contribution >= 4 is 49.4 Å². The summed E-state index contributed by atoms with van der Waals surface area (Å²) in [4.78, 5) is 9.15. The van der Waals surface area contributed by atoms with Crippen molar-refractivity contribution in [1.82, 2.24) is 4.98 Å². The predicted octanol–water partition coefficient (Wildman–Crippen LogP) is 7.44. The van der Waals surface area contributed by atoms with Gasteiger partial charge >= 0.3 is 0 Å². The van der Waals surface area contributed by atoms with Crippen LogP contribution in [0.2, 0.25) is 0 Å². The highest BCUT2D eigenvalue weighted by Gasteiger charge is 2.11. The van der Waals surface area contributed by atoms with E-state index in [2.05, 4.69) is 25.9 Å². The van der Waals surface area contributed by atoms with E-state index in [4.69, 9.17) is 4.42 Å². The van der Waals surface area contributed by atoms with Crippen LogP contribution in [0.3, 0.4) is 0 Å². The number of phenols is 1. The fourth-order valence-corrected chi connectivity index (χ4v) is 4.51. The lowest BCUT2D eigenvalue weighted by Crippen LogP contribution is -1.79. The number of hydrogen-bond donors (Lipinski definition) is 1. The number of fused-ring (bicyclic) bond motifs is 1. The maximum absolute atomic E-state index is 10.3. The lowest BCUT2D eigenvalue weighted by atomic mass is 10.2. The van der Waals surface area contributed by atoms with E-state index in [0.29, 0.717) is 17.0 Å². The van der Waals surface area contributed by atoms with Gasteiger partial charge in [0.05, 0.1) is 27.7 Å². The largest absolute Gasteiger partial charge is 0.507 e. The number of nitrogens with zero attached hydrogens (tertiary/aromatic N) is 2. The average Bonchev–Trinajstić information content (AvgIpc) is 3.40. The molecule has 0 amide bonds. The van der Waals surface area contributed by atoms with Crippen LogP contribution in [0.5, 0.6) is 5.75 Å².